The first-order valence-corrected chi connectivity index (χ1v) is 5.88. The summed E-state index contributed by atoms with van der Waals surface area (Å²) in [6.45, 7) is 5.71. The molecule has 0 bridgehead atoms. The topological polar surface area (TPSA) is 57.2 Å². The van der Waals surface area contributed by atoms with E-state index >= 15 is 0 Å². The number of ketones is 1. The Morgan fingerprint density at radius 3 is 2.57 bits per heavy atom. The molecule has 0 saturated carbocycles. The van der Waals surface area contributed by atoms with E-state index in [2.05, 4.69) is 0 Å². The Morgan fingerprint density at radius 2 is 2.07 bits per heavy atom. The van der Waals surface area contributed by atoms with Crippen LogP contribution in [0.4, 0.5) is 0 Å². The molecule has 14 heavy (non-hydrogen) atoms. The van der Waals surface area contributed by atoms with E-state index in [1.54, 1.807) is 6.92 Å². The predicted octanol–water partition coefficient (Wildman–Crippen LogP) is 1.57. The summed E-state index contributed by atoms with van der Waals surface area (Å²) in [5, 5.41) is 0. The molecule has 1 rings (SSSR count). The van der Waals surface area contributed by atoms with Gasteiger partial charge in [0.1, 0.15) is 0 Å². The summed E-state index contributed by atoms with van der Waals surface area (Å²) in [4.78, 5) is 11.4. The minimum atomic E-state index is -2.11. The van der Waals surface area contributed by atoms with Crippen molar-refractivity contribution in [2.75, 3.05) is 5.75 Å². The molecule has 1 atom stereocenters. The minimum Gasteiger partial charge on any atom is -0.772 e. The molecule has 0 N–H and O–H groups in total. The first-order chi connectivity index (χ1) is 6.34. The van der Waals surface area contributed by atoms with Crippen molar-refractivity contribution in [1.29, 1.82) is 0 Å². The summed E-state index contributed by atoms with van der Waals surface area (Å²) in [6.07, 6.45) is 1.28. The maximum atomic E-state index is 11.4. The summed E-state index contributed by atoms with van der Waals surface area (Å²) >= 11 is -2.11. The fourth-order valence-corrected chi connectivity index (χ4v) is 2.70. The lowest BCUT2D eigenvalue weighted by atomic mass is 9.73. The van der Waals surface area contributed by atoms with Gasteiger partial charge < -0.3 is 4.55 Å². The fourth-order valence-electron chi connectivity index (χ4n) is 1.86. The third-order valence-electron chi connectivity index (χ3n) is 2.93. The van der Waals surface area contributed by atoms with Gasteiger partial charge in [0.2, 0.25) is 0 Å². The zero-order valence-corrected chi connectivity index (χ0v) is 9.57. The Bertz CT molecular complexity index is 315. The van der Waals surface area contributed by atoms with E-state index in [4.69, 9.17) is 0 Å². The highest BCUT2D eigenvalue weighted by atomic mass is 32.2. The van der Waals surface area contributed by atoms with Crippen LogP contribution >= 0.6 is 0 Å². The quantitative estimate of drug-likeness (QED) is 0.657. The molecular formula is C10H15O3S-. The van der Waals surface area contributed by atoms with Crippen LogP contribution in [0, 0.1) is 5.41 Å². The van der Waals surface area contributed by atoms with Crippen molar-refractivity contribution in [3.05, 3.63) is 11.1 Å². The van der Waals surface area contributed by atoms with Crippen LogP contribution in [0.5, 0.6) is 0 Å². The van der Waals surface area contributed by atoms with Gasteiger partial charge in [-0.3, -0.25) is 9.00 Å². The molecule has 0 aromatic rings. The van der Waals surface area contributed by atoms with Gasteiger partial charge in [0, 0.05) is 12.2 Å². The van der Waals surface area contributed by atoms with E-state index in [1.165, 1.54) is 0 Å². The van der Waals surface area contributed by atoms with Crippen molar-refractivity contribution in [3.63, 3.8) is 0 Å². The number of carbonyl (C=O) groups is 1. The number of hydrogen-bond acceptors (Lipinski definition) is 3. The van der Waals surface area contributed by atoms with Crippen LogP contribution in [0.2, 0.25) is 0 Å². The number of allylic oxidation sites excluding steroid dienone is 1. The van der Waals surface area contributed by atoms with E-state index in [1.807, 2.05) is 13.8 Å². The molecule has 0 fully saturated rings. The van der Waals surface area contributed by atoms with Gasteiger partial charge in [-0.25, -0.2) is 0 Å². The second-order valence-corrected chi connectivity index (χ2v) is 5.25. The van der Waals surface area contributed by atoms with Gasteiger partial charge in [-0.15, -0.1) is 0 Å². The normalized spacial score (nSPS) is 23.9. The summed E-state index contributed by atoms with van der Waals surface area (Å²) in [5.41, 5.74) is 1.27. The Kier molecular flexibility index (Phi) is 3.27. The van der Waals surface area contributed by atoms with Gasteiger partial charge in [-0.2, -0.15) is 0 Å². The largest absolute Gasteiger partial charge is 0.772 e. The molecule has 3 nitrogen and oxygen atoms in total. The van der Waals surface area contributed by atoms with Crippen molar-refractivity contribution >= 4 is 16.9 Å². The molecule has 0 heterocycles. The van der Waals surface area contributed by atoms with E-state index in [0.29, 0.717) is 12.0 Å². The SMILES string of the molecule is CC1=C(CS(=O)[O-])C(C)(C)CCC1=O. The second kappa shape index (κ2) is 3.95. The Balaban J connectivity index is 3.08. The lowest BCUT2D eigenvalue weighted by molar-refractivity contribution is -0.116. The Labute approximate surface area is 86.9 Å². The molecule has 1 aliphatic carbocycles. The van der Waals surface area contributed by atoms with Crippen LogP contribution in [-0.4, -0.2) is 20.3 Å². The van der Waals surface area contributed by atoms with E-state index in [0.717, 1.165) is 12.0 Å². The minimum absolute atomic E-state index is 0.00935. The monoisotopic (exact) mass is 215 g/mol. The van der Waals surface area contributed by atoms with Crippen LogP contribution < -0.4 is 0 Å². The predicted molar refractivity (Wildman–Crippen MR) is 54.5 cm³/mol. The summed E-state index contributed by atoms with van der Waals surface area (Å²) in [5.74, 6) is 0.0784. The molecule has 0 amide bonds. The van der Waals surface area contributed by atoms with Crippen molar-refractivity contribution in [3.8, 4) is 0 Å². The summed E-state index contributed by atoms with van der Waals surface area (Å²) < 4.78 is 21.3. The molecule has 1 unspecified atom stereocenters. The van der Waals surface area contributed by atoms with Gasteiger partial charge in [0.25, 0.3) is 0 Å². The molecular weight excluding hydrogens is 200 g/mol. The zero-order chi connectivity index (χ0) is 10.9. The van der Waals surface area contributed by atoms with E-state index in [9.17, 15) is 13.6 Å². The highest BCUT2D eigenvalue weighted by Crippen LogP contribution is 2.38. The Morgan fingerprint density at radius 1 is 1.50 bits per heavy atom. The molecule has 0 spiro atoms. The molecule has 0 aliphatic heterocycles. The summed E-state index contributed by atoms with van der Waals surface area (Å²) in [6, 6.07) is 0. The maximum Gasteiger partial charge on any atom is 0.158 e. The number of Topliss-reactive ketones (excluding diaryl/α,β-unsaturated/α-hetero) is 1. The first kappa shape index (κ1) is 11.6. The average Bonchev–Trinajstić information content (AvgIpc) is 2.06. The van der Waals surface area contributed by atoms with Crippen LogP contribution in [0.1, 0.15) is 33.6 Å². The molecule has 80 valence electrons. The molecule has 4 heteroatoms. The van der Waals surface area contributed by atoms with Gasteiger partial charge in [-0.05, 0) is 29.9 Å². The zero-order valence-electron chi connectivity index (χ0n) is 8.75. The van der Waals surface area contributed by atoms with Crippen molar-refractivity contribution in [2.45, 2.75) is 33.6 Å². The van der Waals surface area contributed by atoms with Crippen LogP contribution in [0.3, 0.4) is 0 Å². The molecule has 0 saturated heterocycles. The number of carbonyl (C=O) groups excluding carboxylic acids is 1. The fraction of sp³-hybridized carbons (Fsp3) is 0.700. The van der Waals surface area contributed by atoms with Gasteiger partial charge >= 0.3 is 0 Å². The molecule has 0 aromatic carbocycles. The lowest BCUT2D eigenvalue weighted by Gasteiger charge is -2.34. The van der Waals surface area contributed by atoms with E-state index < -0.39 is 11.1 Å². The van der Waals surface area contributed by atoms with Crippen molar-refractivity contribution in [1.82, 2.24) is 0 Å². The van der Waals surface area contributed by atoms with Crippen LogP contribution in [-0.2, 0) is 15.9 Å². The van der Waals surface area contributed by atoms with Crippen LogP contribution in [0.25, 0.3) is 0 Å². The highest BCUT2D eigenvalue weighted by molar-refractivity contribution is 7.79. The smallest absolute Gasteiger partial charge is 0.158 e. The lowest BCUT2D eigenvalue weighted by Crippen LogP contribution is -2.28. The summed E-state index contributed by atoms with van der Waals surface area (Å²) in [7, 11) is 0. The van der Waals surface area contributed by atoms with Gasteiger partial charge in [-0.1, -0.05) is 24.9 Å². The first-order valence-electron chi connectivity index (χ1n) is 4.64. The average molecular weight is 215 g/mol. The standard InChI is InChI=1S/C10H16O3S/c1-7-8(6-14(12)13)10(2,3)5-4-9(7)11/h4-6H2,1-3H3,(H,12,13)/p-1. The van der Waals surface area contributed by atoms with Crippen molar-refractivity contribution in [2.24, 2.45) is 5.41 Å². The number of rotatable bonds is 2. The third kappa shape index (κ3) is 2.30. The van der Waals surface area contributed by atoms with Crippen LogP contribution in [0.15, 0.2) is 11.1 Å². The molecule has 0 radical (unpaired) electrons. The molecule has 0 aromatic heterocycles. The van der Waals surface area contributed by atoms with Gasteiger partial charge in [0.05, 0.1) is 0 Å². The highest BCUT2D eigenvalue weighted by Gasteiger charge is 2.31. The Hall–Kier alpha value is -0.480. The third-order valence-corrected chi connectivity index (χ3v) is 3.45. The van der Waals surface area contributed by atoms with Crippen molar-refractivity contribution < 1.29 is 13.6 Å². The molecule has 1 aliphatic rings. The van der Waals surface area contributed by atoms with Gasteiger partial charge in [0.15, 0.2) is 5.78 Å². The number of hydrogen-bond donors (Lipinski definition) is 0. The maximum absolute atomic E-state index is 11.4. The second-order valence-electron chi connectivity index (χ2n) is 4.36. The van der Waals surface area contributed by atoms with E-state index in [-0.39, 0.29) is 17.0 Å².